The summed E-state index contributed by atoms with van der Waals surface area (Å²) in [6.45, 7) is 1.95. The highest BCUT2D eigenvalue weighted by Crippen LogP contribution is 2.24. The minimum atomic E-state index is -3.55. The van der Waals surface area contributed by atoms with Crippen LogP contribution in [0.5, 0.6) is 5.75 Å². The summed E-state index contributed by atoms with van der Waals surface area (Å²) in [7, 11) is -1.95. The van der Waals surface area contributed by atoms with Crippen LogP contribution in [0.2, 0.25) is 0 Å². The van der Waals surface area contributed by atoms with Crippen LogP contribution >= 0.6 is 11.3 Å². The van der Waals surface area contributed by atoms with Crippen molar-refractivity contribution in [1.82, 2.24) is 4.31 Å². The Kier molecular flexibility index (Phi) is 7.79. The topological polar surface area (TPSA) is 76.2 Å². The lowest BCUT2D eigenvalue weighted by Gasteiger charge is -2.26. The molecule has 0 atom stereocenters. The summed E-state index contributed by atoms with van der Waals surface area (Å²) in [6, 6.07) is 17.8. The van der Waals surface area contributed by atoms with Gasteiger partial charge in [-0.05, 0) is 59.5 Å². The fourth-order valence-corrected chi connectivity index (χ4v) is 5.66. The molecule has 0 saturated carbocycles. The van der Waals surface area contributed by atoms with E-state index in [0.717, 1.165) is 21.9 Å². The van der Waals surface area contributed by atoms with E-state index in [2.05, 4.69) is 0 Å². The minimum Gasteiger partial charge on any atom is -0.497 e. The fourth-order valence-electron chi connectivity index (χ4n) is 3.56. The number of benzene rings is 2. The molecule has 1 aromatic heterocycles. The standard InChI is InChI=1S/C25H26N2O5S2/c1-31-22-9-7-21(8-10-22)27(19-23-3-2-18-33-23)25(28)13-6-20-4-11-24(12-5-20)34(29,30)26-14-16-32-17-15-26/h2-13,18H,14-17,19H2,1H3/b13-6+. The van der Waals surface area contributed by atoms with Crippen LogP contribution in [0.25, 0.3) is 6.08 Å². The van der Waals surface area contributed by atoms with E-state index in [-0.39, 0.29) is 10.8 Å². The number of hydrogen-bond acceptors (Lipinski definition) is 6. The van der Waals surface area contributed by atoms with Crippen LogP contribution in [0.1, 0.15) is 10.4 Å². The quantitative estimate of drug-likeness (QED) is 0.439. The van der Waals surface area contributed by atoms with Gasteiger partial charge in [-0.25, -0.2) is 8.42 Å². The molecule has 3 aromatic rings. The Morgan fingerprint density at radius 3 is 2.41 bits per heavy atom. The van der Waals surface area contributed by atoms with Crippen molar-refractivity contribution in [3.8, 4) is 5.75 Å². The molecule has 0 bridgehead atoms. The number of thiophene rings is 1. The van der Waals surface area contributed by atoms with Crippen LogP contribution < -0.4 is 9.64 Å². The summed E-state index contributed by atoms with van der Waals surface area (Å²) in [5, 5.41) is 1.98. The predicted molar refractivity (Wildman–Crippen MR) is 134 cm³/mol. The molecule has 1 fully saturated rings. The molecule has 0 aliphatic carbocycles. The molecule has 2 heterocycles. The molecule has 4 rings (SSSR count). The molecule has 9 heteroatoms. The van der Waals surface area contributed by atoms with E-state index in [0.29, 0.717) is 32.8 Å². The Labute approximate surface area is 203 Å². The molecule has 1 aliphatic rings. The number of nitrogens with zero attached hydrogens (tertiary/aromatic N) is 2. The number of rotatable bonds is 8. The molecule has 1 saturated heterocycles. The van der Waals surface area contributed by atoms with Crippen molar-refractivity contribution in [2.45, 2.75) is 11.4 Å². The first kappa shape index (κ1) is 24.2. The number of amides is 1. The highest BCUT2D eigenvalue weighted by molar-refractivity contribution is 7.89. The monoisotopic (exact) mass is 498 g/mol. The molecule has 0 spiro atoms. The Morgan fingerprint density at radius 2 is 1.79 bits per heavy atom. The van der Waals surface area contributed by atoms with Gasteiger partial charge < -0.3 is 14.4 Å². The van der Waals surface area contributed by atoms with Crippen molar-refractivity contribution in [3.63, 3.8) is 0 Å². The third-order valence-electron chi connectivity index (χ3n) is 5.45. The molecule has 34 heavy (non-hydrogen) atoms. The number of morpholine rings is 1. The zero-order valence-electron chi connectivity index (χ0n) is 18.8. The second-order valence-corrected chi connectivity index (χ2v) is 10.6. The van der Waals surface area contributed by atoms with Gasteiger partial charge in [0.2, 0.25) is 10.0 Å². The van der Waals surface area contributed by atoms with Gasteiger partial charge in [0.15, 0.2) is 0 Å². The summed E-state index contributed by atoms with van der Waals surface area (Å²) < 4.78 is 37.5. The van der Waals surface area contributed by atoms with Gasteiger partial charge in [0.1, 0.15) is 5.75 Å². The zero-order valence-corrected chi connectivity index (χ0v) is 20.4. The number of ether oxygens (including phenoxy) is 2. The summed E-state index contributed by atoms with van der Waals surface area (Å²) in [4.78, 5) is 16.1. The first-order chi connectivity index (χ1) is 16.5. The molecule has 0 N–H and O–H groups in total. The maximum absolute atomic E-state index is 13.1. The first-order valence-electron chi connectivity index (χ1n) is 10.8. The number of carbonyl (C=O) groups excluding carboxylic acids is 1. The second kappa shape index (κ2) is 11.0. The van der Waals surface area contributed by atoms with E-state index >= 15 is 0 Å². The molecular formula is C25H26N2O5S2. The summed E-state index contributed by atoms with van der Waals surface area (Å²) in [5.74, 6) is 0.540. The number of sulfonamides is 1. The first-order valence-corrected chi connectivity index (χ1v) is 13.1. The minimum absolute atomic E-state index is 0.177. The Balaban J connectivity index is 1.50. The van der Waals surface area contributed by atoms with Crippen molar-refractivity contribution in [3.05, 3.63) is 82.6 Å². The summed E-state index contributed by atoms with van der Waals surface area (Å²) in [6.07, 6.45) is 3.20. The molecule has 2 aromatic carbocycles. The van der Waals surface area contributed by atoms with Crippen molar-refractivity contribution < 1.29 is 22.7 Å². The number of methoxy groups -OCH3 is 1. The third kappa shape index (κ3) is 5.74. The lowest BCUT2D eigenvalue weighted by Crippen LogP contribution is -2.40. The van der Waals surface area contributed by atoms with Crippen LogP contribution in [-0.4, -0.2) is 52.0 Å². The second-order valence-electron chi connectivity index (χ2n) is 7.62. The normalized spacial score (nSPS) is 14.9. The average Bonchev–Trinajstić information content (AvgIpc) is 3.40. The van der Waals surface area contributed by atoms with E-state index < -0.39 is 10.0 Å². The molecular weight excluding hydrogens is 472 g/mol. The fraction of sp³-hybridized carbons (Fsp3) is 0.240. The largest absolute Gasteiger partial charge is 0.497 e. The number of carbonyl (C=O) groups is 1. The molecule has 1 amide bonds. The van der Waals surface area contributed by atoms with E-state index in [1.54, 1.807) is 53.7 Å². The predicted octanol–water partition coefficient (Wildman–Crippen LogP) is 4.02. The van der Waals surface area contributed by atoms with Gasteiger partial charge in [-0.2, -0.15) is 4.31 Å². The van der Waals surface area contributed by atoms with Crippen molar-refractivity contribution in [2.75, 3.05) is 38.3 Å². The van der Waals surface area contributed by atoms with Crippen LogP contribution in [-0.2, 0) is 26.1 Å². The van der Waals surface area contributed by atoms with Crippen molar-refractivity contribution in [2.24, 2.45) is 0 Å². The van der Waals surface area contributed by atoms with Crippen LogP contribution in [0, 0.1) is 0 Å². The molecule has 0 unspecified atom stereocenters. The molecule has 178 valence electrons. The van der Waals surface area contributed by atoms with E-state index in [1.165, 1.54) is 10.4 Å². The van der Waals surface area contributed by atoms with E-state index in [9.17, 15) is 13.2 Å². The van der Waals surface area contributed by atoms with Crippen LogP contribution in [0.3, 0.4) is 0 Å². The zero-order chi connectivity index (χ0) is 24.0. The van der Waals surface area contributed by atoms with E-state index in [1.807, 2.05) is 41.8 Å². The molecule has 7 nitrogen and oxygen atoms in total. The van der Waals surface area contributed by atoms with Gasteiger partial charge in [-0.1, -0.05) is 18.2 Å². The molecule has 1 aliphatic heterocycles. The lowest BCUT2D eigenvalue weighted by molar-refractivity contribution is -0.114. The average molecular weight is 499 g/mol. The van der Waals surface area contributed by atoms with Gasteiger partial charge in [-0.15, -0.1) is 11.3 Å². The van der Waals surface area contributed by atoms with Gasteiger partial charge in [0, 0.05) is 29.7 Å². The smallest absolute Gasteiger partial charge is 0.251 e. The SMILES string of the molecule is COc1ccc(N(Cc2cccs2)C(=O)/C=C/c2ccc(S(=O)(=O)N3CCOCC3)cc2)cc1. The van der Waals surface area contributed by atoms with Crippen LogP contribution in [0.15, 0.2) is 77.0 Å². The maximum atomic E-state index is 13.1. The maximum Gasteiger partial charge on any atom is 0.251 e. The summed E-state index contributed by atoms with van der Waals surface area (Å²) in [5.41, 5.74) is 1.50. The lowest BCUT2D eigenvalue weighted by atomic mass is 10.2. The van der Waals surface area contributed by atoms with Crippen molar-refractivity contribution >= 4 is 39.0 Å². The summed E-state index contributed by atoms with van der Waals surface area (Å²) >= 11 is 1.59. The number of anilines is 1. The van der Waals surface area contributed by atoms with Gasteiger partial charge in [-0.3, -0.25) is 4.79 Å². The van der Waals surface area contributed by atoms with Crippen LogP contribution in [0.4, 0.5) is 5.69 Å². The Bertz CT molecular complexity index is 1220. The highest BCUT2D eigenvalue weighted by atomic mass is 32.2. The highest BCUT2D eigenvalue weighted by Gasteiger charge is 2.26. The van der Waals surface area contributed by atoms with E-state index in [4.69, 9.17) is 9.47 Å². The van der Waals surface area contributed by atoms with Gasteiger partial charge in [0.05, 0.1) is 31.8 Å². The number of hydrogen-bond donors (Lipinski definition) is 0. The Hall–Kier alpha value is -2.98. The molecule has 0 radical (unpaired) electrons. The van der Waals surface area contributed by atoms with Crippen molar-refractivity contribution in [1.29, 1.82) is 0 Å². The van der Waals surface area contributed by atoms with Gasteiger partial charge >= 0.3 is 0 Å². The Morgan fingerprint density at radius 1 is 1.09 bits per heavy atom. The third-order valence-corrected chi connectivity index (χ3v) is 8.22. The van der Waals surface area contributed by atoms with Gasteiger partial charge in [0.25, 0.3) is 5.91 Å².